The Kier molecular flexibility index (Phi) is 2.50. The number of quaternary nitrogens is 1. The van der Waals surface area contributed by atoms with Crippen molar-refractivity contribution in [1.82, 2.24) is 4.48 Å². The van der Waals surface area contributed by atoms with Crippen molar-refractivity contribution in [1.29, 1.82) is 0 Å². The van der Waals surface area contributed by atoms with E-state index in [2.05, 4.69) is 5.10 Å². The van der Waals surface area contributed by atoms with E-state index < -0.39 is 0 Å². The molecule has 1 aliphatic rings. The molecule has 1 amide bonds. The predicted molar refractivity (Wildman–Crippen MR) is 62.3 cm³/mol. The number of benzene rings is 1. The van der Waals surface area contributed by atoms with Crippen molar-refractivity contribution in [2.75, 3.05) is 6.54 Å². The summed E-state index contributed by atoms with van der Waals surface area (Å²) in [7, 11) is 0. The first kappa shape index (κ1) is 10.2. The quantitative estimate of drug-likeness (QED) is 0.357. The first-order valence-corrected chi connectivity index (χ1v) is 5.50. The third-order valence-electron chi connectivity index (χ3n) is 2.63. The highest BCUT2D eigenvalue weighted by atomic mass is 32.2. The molecule has 0 fully saturated rings. The lowest BCUT2D eigenvalue weighted by atomic mass is 10.2. The Balaban J connectivity index is 2.65. The number of hydrazone groups is 1. The molecule has 1 aromatic rings. The maximum Gasteiger partial charge on any atom is 0.313 e. The van der Waals surface area contributed by atoms with Gasteiger partial charge in [0, 0.05) is 6.07 Å². The van der Waals surface area contributed by atoms with E-state index in [0.29, 0.717) is 11.7 Å². The van der Waals surface area contributed by atoms with Gasteiger partial charge in [-0.3, -0.25) is 0 Å². The summed E-state index contributed by atoms with van der Waals surface area (Å²) < 4.78 is 0.108. The van der Waals surface area contributed by atoms with Crippen molar-refractivity contribution in [3.05, 3.63) is 24.3 Å². The Morgan fingerprint density at radius 2 is 2.27 bits per heavy atom. The van der Waals surface area contributed by atoms with Crippen LogP contribution in [0.5, 0.6) is 0 Å². The Hall–Kier alpha value is -1.33. The zero-order chi connectivity index (χ0) is 10.9. The number of hydrogen-bond donors (Lipinski definition) is 1. The molecule has 2 N–H and O–H groups in total. The van der Waals surface area contributed by atoms with E-state index in [-0.39, 0.29) is 4.48 Å². The van der Waals surface area contributed by atoms with Gasteiger partial charge in [0.1, 0.15) is 0 Å². The number of nitrogens with two attached hydrogens (primary N) is 1. The number of fused-ring (bicyclic) bond motifs is 1. The molecule has 0 saturated heterocycles. The monoisotopic (exact) mass is 222 g/mol. The first-order chi connectivity index (χ1) is 7.28. The van der Waals surface area contributed by atoms with Crippen LogP contribution in [-0.4, -0.2) is 18.1 Å². The molecule has 1 unspecified atom stereocenters. The summed E-state index contributed by atoms with van der Waals surface area (Å²) in [5.74, 6) is 5.33. The van der Waals surface area contributed by atoms with E-state index in [4.69, 9.17) is 5.84 Å². The van der Waals surface area contributed by atoms with Crippen LogP contribution in [0, 0.1) is 0 Å². The average Bonchev–Trinajstić information content (AvgIpc) is 2.63. The minimum Gasteiger partial charge on any atom is -0.317 e. The molecule has 0 radical (unpaired) electrons. The number of hydrogen-bond acceptors (Lipinski definition) is 4. The van der Waals surface area contributed by atoms with Crippen LogP contribution in [0.3, 0.4) is 0 Å². The lowest BCUT2D eigenvalue weighted by Gasteiger charge is -2.23. The van der Waals surface area contributed by atoms with E-state index in [1.807, 2.05) is 31.2 Å². The number of amidine groups is 1. The van der Waals surface area contributed by atoms with Gasteiger partial charge < -0.3 is 5.84 Å². The number of rotatable bonds is 2. The molecule has 0 spiro atoms. The van der Waals surface area contributed by atoms with Crippen molar-refractivity contribution in [3.63, 3.8) is 0 Å². The highest BCUT2D eigenvalue weighted by Gasteiger charge is 2.45. The molecule has 78 valence electrons. The topological polar surface area (TPSA) is 55.5 Å². The summed E-state index contributed by atoms with van der Waals surface area (Å²) in [5, 5.41) is 4.35. The number of amides is 1. The number of para-hydroxylation sites is 1. The van der Waals surface area contributed by atoms with Crippen LogP contribution in [0.2, 0.25) is 0 Å². The molecular formula is C10H12N3OS+. The Morgan fingerprint density at radius 3 is 2.87 bits per heavy atom. The van der Waals surface area contributed by atoms with Crippen molar-refractivity contribution in [2.24, 2.45) is 10.9 Å². The van der Waals surface area contributed by atoms with Crippen molar-refractivity contribution in [3.8, 4) is 0 Å². The zero-order valence-electron chi connectivity index (χ0n) is 8.38. The second-order valence-electron chi connectivity index (χ2n) is 3.27. The Labute approximate surface area is 92.3 Å². The maximum absolute atomic E-state index is 11.3. The highest BCUT2D eigenvalue weighted by molar-refractivity contribution is 8.14. The van der Waals surface area contributed by atoms with Crippen molar-refractivity contribution < 1.29 is 4.79 Å². The molecule has 0 bridgehead atoms. The van der Waals surface area contributed by atoms with Gasteiger partial charge in [-0.05, 0) is 24.8 Å². The molecule has 5 heteroatoms. The fourth-order valence-electron chi connectivity index (χ4n) is 1.77. The van der Waals surface area contributed by atoms with Crippen LogP contribution in [0.15, 0.2) is 34.3 Å². The lowest BCUT2D eigenvalue weighted by Crippen LogP contribution is -2.49. The SMILES string of the molecule is CC[N+]1(C=O)C(=NN)Sc2ccccc21. The standard InChI is InChI=1S/C10H12N3OS/c1-2-13(7-14)8-5-3-4-6-9(8)15-10(13)12-11/h3-7H,2,11H2,1H3/q+1. The van der Waals surface area contributed by atoms with E-state index in [1.54, 1.807) is 0 Å². The van der Waals surface area contributed by atoms with Gasteiger partial charge in [0.05, 0.1) is 11.4 Å². The second-order valence-corrected chi connectivity index (χ2v) is 4.28. The molecule has 1 atom stereocenters. The predicted octanol–water partition coefficient (Wildman–Crippen LogP) is 1.51. The average molecular weight is 222 g/mol. The molecule has 1 aliphatic heterocycles. The molecule has 0 aromatic heterocycles. The van der Waals surface area contributed by atoms with E-state index >= 15 is 0 Å². The zero-order valence-corrected chi connectivity index (χ0v) is 9.20. The molecule has 0 saturated carbocycles. The van der Waals surface area contributed by atoms with Crippen LogP contribution in [0.1, 0.15) is 6.92 Å². The van der Waals surface area contributed by atoms with Crippen LogP contribution in [-0.2, 0) is 4.79 Å². The van der Waals surface area contributed by atoms with Crippen molar-refractivity contribution >= 4 is 29.0 Å². The van der Waals surface area contributed by atoms with Crippen LogP contribution >= 0.6 is 11.8 Å². The van der Waals surface area contributed by atoms with Gasteiger partial charge in [0.25, 0.3) is 5.17 Å². The van der Waals surface area contributed by atoms with Gasteiger partial charge in [-0.15, -0.1) is 5.10 Å². The molecule has 1 aromatic carbocycles. The summed E-state index contributed by atoms with van der Waals surface area (Å²) >= 11 is 1.46. The van der Waals surface area contributed by atoms with Crippen LogP contribution < -0.4 is 10.3 Å². The van der Waals surface area contributed by atoms with Crippen molar-refractivity contribution in [2.45, 2.75) is 11.8 Å². The highest BCUT2D eigenvalue weighted by Crippen LogP contribution is 2.44. The van der Waals surface area contributed by atoms with E-state index in [0.717, 1.165) is 17.0 Å². The summed E-state index contributed by atoms with van der Waals surface area (Å²) in [6, 6.07) is 7.79. The molecule has 4 nitrogen and oxygen atoms in total. The largest absolute Gasteiger partial charge is 0.317 e. The molecule has 1 heterocycles. The number of carbonyl (C=O) groups excluding carboxylic acids is 1. The Bertz CT molecular complexity index is 432. The molecule has 0 aliphatic carbocycles. The number of thioether (sulfide) groups is 1. The smallest absolute Gasteiger partial charge is 0.313 e. The van der Waals surface area contributed by atoms with Gasteiger partial charge in [-0.25, -0.2) is 4.79 Å². The number of carbonyl (C=O) groups is 1. The van der Waals surface area contributed by atoms with Gasteiger partial charge in [-0.1, -0.05) is 12.1 Å². The minimum atomic E-state index is 0.108. The first-order valence-electron chi connectivity index (χ1n) is 4.68. The van der Waals surface area contributed by atoms with E-state index in [1.165, 1.54) is 11.8 Å². The molecular weight excluding hydrogens is 210 g/mol. The minimum absolute atomic E-state index is 0.108. The van der Waals surface area contributed by atoms with E-state index in [9.17, 15) is 4.79 Å². The third kappa shape index (κ3) is 1.27. The summed E-state index contributed by atoms with van der Waals surface area (Å²) in [6.45, 7) is 2.58. The fraction of sp³-hybridized carbons (Fsp3) is 0.200. The molecule has 15 heavy (non-hydrogen) atoms. The maximum atomic E-state index is 11.3. The summed E-state index contributed by atoms with van der Waals surface area (Å²) in [4.78, 5) is 12.4. The van der Waals surface area contributed by atoms with Gasteiger partial charge >= 0.3 is 6.41 Å². The Morgan fingerprint density at radius 1 is 1.53 bits per heavy atom. The van der Waals surface area contributed by atoms with Gasteiger partial charge in [0.2, 0.25) is 0 Å². The van der Waals surface area contributed by atoms with Gasteiger partial charge in [-0.2, -0.15) is 4.48 Å². The third-order valence-corrected chi connectivity index (χ3v) is 3.81. The number of nitrogens with zero attached hydrogens (tertiary/aromatic N) is 2. The van der Waals surface area contributed by atoms with Crippen LogP contribution in [0.25, 0.3) is 0 Å². The van der Waals surface area contributed by atoms with Crippen LogP contribution in [0.4, 0.5) is 5.69 Å². The summed E-state index contributed by atoms with van der Waals surface area (Å²) in [5.41, 5.74) is 0.962. The fourth-order valence-corrected chi connectivity index (χ4v) is 2.93. The normalized spacial score (nSPS) is 26.6. The molecule has 2 rings (SSSR count). The lowest BCUT2D eigenvalue weighted by molar-refractivity contribution is -0.114. The second kappa shape index (κ2) is 3.67. The summed E-state index contributed by atoms with van der Waals surface area (Å²) in [6.07, 6.45) is 0.893. The van der Waals surface area contributed by atoms with Gasteiger partial charge in [0.15, 0.2) is 5.69 Å².